The maximum absolute atomic E-state index is 6.03. The summed E-state index contributed by atoms with van der Waals surface area (Å²) in [5, 5.41) is 4.64. The average molecular weight is 378 g/mol. The van der Waals surface area contributed by atoms with Crippen molar-refractivity contribution in [3.8, 4) is 16.9 Å². The first-order valence-corrected chi connectivity index (χ1v) is 10.8. The van der Waals surface area contributed by atoms with Crippen LogP contribution in [0.15, 0.2) is 41.5 Å². The Labute approximate surface area is 168 Å². The van der Waals surface area contributed by atoms with E-state index in [0.717, 1.165) is 38.2 Å². The summed E-state index contributed by atoms with van der Waals surface area (Å²) < 4.78 is 8.05. The highest BCUT2D eigenvalue weighted by atomic mass is 16.5. The van der Waals surface area contributed by atoms with Gasteiger partial charge in [0.05, 0.1) is 18.5 Å². The molecule has 4 heteroatoms. The fraction of sp³-hybridized carbons (Fsp3) is 0.500. The second-order valence-corrected chi connectivity index (χ2v) is 8.01. The molecule has 148 valence electrons. The van der Waals surface area contributed by atoms with E-state index in [-0.39, 0.29) is 0 Å². The minimum absolute atomic E-state index is 0.476. The molecule has 1 aromatic carbocycles. The number of rotatable bonds is 0. The highest BCUT2D eigenvalue weighted by molar-refractivity contribution is 5.99. The van der Waals surface area contributed by atoms with Crippen LogP contribution >= 0.6 is 0 Å². The first-order valence-electron chi connectivity index (χ1n) is 10.8. The van der Waals surface area contributed by atoms with E-state index in [1.165, 1.54) is 54.6 Å². The summed E-state index contributed by atoms with van der Waals surface area (Å²) in [6.45, 7) is 4.03. The van der Waals surface area contributed by atoms with Gasteiger partial charge in [-0.05, 0) is 55.4 Å². The lowest BCUT2D eigenvalue weighted by atomic mass is 9.94. The minimum Gasteiger partial charge on any atom is -0.494 e. The lowest BCUT2D eigenvalue weighted by molar-refractivity contribution is 0.304. The monoisotopic (exact) mass is 377 g/mol. The van der Waals surface area contributed by atoms with Gasteiger partial charge in [0.2, 0.25) is 0 Å². The van der Waals surface area contributed by atoms with Crippen LogP contribution in [0.25, 0.3) is 17.3 Å². The summed E-state index contributed by atoms with van der Waals surface area (Å²) >= 11 is 0. The van der Waals surface area contributed by atoms with E-state index >= 15 is 0 Å². The Bertz CT molecular complexity index is 849. The zero-order chi connectivity index (χ0) is 19.2. The molecule has 4 heterocycles. The standard InChI is InChI=1S/C24H31N3O/c1-19-11-12-24-22-18-26-27(24)15-13-23(19)25-14-6-4-2-3-5-7-16-28-21-10-8-9-20(22)17-21/h8-10,13,15,17-19H,2-7,11-12,14,16H2,1H3/b15-13-,25-23?. The van der Waals surface area contributed by atoms with E-state index in [4.69, 9.17) is 9.73 Å². The Kier molecular flexibility index (Phi) is 6.25. The van der Waals surface area contributed by atoms with E-state index in [0.29, 0.717) is 5.92 Å². The summed E-state index contributed by atoms with van der Waals surface area (Å²) in [4.78, 5) is 4.91. The zero-order valence-corrected chi connectivity index (χ0v) is 16.9. The van der Waals surface area contributed by atoms with Crippen molar-refractivity contribution in [2.75, 3.05) is 13.2 Å². The van der Waals surface area contributed by atoms with Gasteiger partial charge in [-0.3, -0.25) is 4.99 Å². The van der Waals surface area contributed by atoms with Crippen molar-refractivity contribution in [1.29, 1.82) is 0 Å². The zero-order valence-electron chi connectivity index (χ0n) is 16.9. The molecular formula is C24H31N3O. The van der Waals surface area contributed by atoms with Gasteiger partial charge in [-0.25, -0.2) is 4.68 Å². The van der Waals surface area contributed by atoms with Gasteiger partial charge in [0.15, 0.2) is 0 Å². The van der Waals surface area contributed by atoms with E-state index in [2.05, 4.69) is 48.6 Å². The SMILES string of the molecule is CC1CCc2c3cnn2/C=C\C1=NCCCCCCCCOc1cccc-3c1. The van der Waals surface area contributed by atoms with Crippen LogP contribution < -0.4 is 4.74 Å². The summed E-state index contributed by atoms with van der Waals surface area (Å²) in [6.07, 6.45) is 15.7. The van der Waals surface area contributed by atoms with Crippen molar-refractivity contribution in [1.82, 2.24) is 9.78 Å². The molecule has 0 aliphatic carbocycles. The molecule has 0 saturated heterocycles. The van der Waals surface area contributed by atoms with Crippen molar-refractivity contribution in [2.24, 2.45) is 10.9 Å². The molecule has 0 N–H and O–H groups in total. The van der Waals surface area contributed by atoms with Crippen LogP contribution in [0.1, 0.15) is 57.6 Å². The molecule has 0 amide bonds. The van der Waals surface area contributed by atoms with Gasteiger partial charge >= 0.3 is 0 Å². The van der Waals surface area contributed by atoms with Crippen molar-refractivity contribution in [3.63, 3.8) is 0 Å². The fourth-order valence-electron chi connectivity index (χ4n) is 4.10. The van der Waals surface area contributed by atoms with Crippen molar-refractivity contribution in [3.05, 3.63) is 42.2 Å². The lowest BCUT2D eigenvalue weighted by Gasteiger charge is -2.17. The third-order valence-corrected chi connectivity index (χ3v) is 5.86. The number of benzene rings is 1. The molecule has 1 unspecified atom stereocenters. The predicted molar refractivity (Wildman–Crippen MR) is 116 cm³/mol. The number of ether oxygens (including phenoxy) is 1. The number of aromatic nitrogens is 2. The van der Waals surface area contributed by atoms with Crippen LogP contribution in [-0.4, -0.2) is 28.6 Å². The summed E-state index contributed by atoms with van der Waals surface area (Å²) in [5.74, 6) is 1.43. The van der Waals surface area contributed by atoms with Crippen LogP contribution in [0, 0.1) is 5.92 Å². The maximum atomic E-state index is 6.03. The quantitative estimate of drug-likeness (QED) is 0.584. The fourth-order valence-corrected chi connectivity index (χ4v) is 4.10. The van der Waals surface area contributed by atoms with Gasteiger partial charge < -0.3 is 4.74 Å². The van der Waals surface area contributed by atoms with Crippen molar-refractivity contribution >= 4 is 11.9 Å². The predicted octanol–water partition coefficient (Wildman–Crippen LogP) is 5.78. The van der Waals surface area contributed by atoms with Gasteiger partial charge in [0.25, 0.3) is 0 Å². The normalized spacial score (nSPS) is 22.2. The Morgan fingerprint density at radius 1 is 1.07 bits per heavy atom. The molecule has 3 aliphatic rings. The van der Waals surface area contributed by atoms with Gasteiger partial charge in [-0.2, -0.15) is 5.10 Å². The number of hydrogen-bond donors (Lipinski definition) is 0. The molecule has 28 heavy (non-hydrogen) atoms. The number of allylic oxidation sites excluding steroid dienone is 1. The van der Waals surface area contributed by atoms with Crippen molar-refractivity contribution < 1.29 is 4.74 Å². The van der Waals surface area contributed by atoms with Crippen LogP contribution in [0.4, 0.5) is 0 Å². The minimum atomic E-state index is 0.476. The summed E-state index contributed by atoms with van der Waals surface area (Å²) in [6, 6.07) is 8.46. The summed E-state index contributed by atoms with van der Waals surface area (Å²) in [7, 11) is 0. The molecular weight excluding hydrogens is 346 g/mol. The first-order chi connectivity index (χ1) is 13.8. The molecule has 6 bridgehead atoms. The molecule has 1 aromatic heterocycles. The maximum Gasteiger partial charge on any atom is 0.119 e. The number of nitrogens with zero attached hydrogens (tertiary/aromatic N) is 3. The number of aliphatic imine (C=N–C) groups is 1. The van der Waals surface area contributed by atoms with Gasteiger partial charge in [0, 0.05) is 24.0 Å². The van der Waals surface area contributed by atoms with E-state index in [1.807, 2.05) is 10.9 Å². The van der Waals surface area contributed by atoms with E-state index in [9.17, 15) is 0 Å². The van der Waals surface area contributed by atoms with E-state index in [1.54, 1.807) is 0 Å². The average Bonchev–Trinajstić information content (AvgIpc) is 3.10. The molecule has 3 aliphatic heterocycles. The molecule has 0 radical (unpaired) electrons. The Morgan fingerprint density at radius 2 is 1.93 bits per heavy atom. The smallest absolute Gasteiger partial charge is 0.119 e. The molecule has 4 nitrogen and oxygen atoms in total. The molecule has 0 saturated carbocycles. The highest BCUT2D eigenvalue weighted by Crippen LogP contribution is 2.30. The third-order valence-electron chi connectivity index (χ3n) is 5.86. The van der Waals surface area contributed by atoms with Gasteiger partial charge in [-0.1, -0.05) is 44.7 Å². The highest BCUT2D eigenvalue weighted by Gasteiger charge is 2.18. The molecule has 2 aromatic rings. The first kappa shape index (κ1) is 19.0. The Hall–Kier alpha value is -2.36. The van der Waals surface area contributed by atoms with Crippen molar-refractivity contribution in [2.45, 2.75) is 58.3 Å². The Morgan fingerprint density at radius 3 is 2.86 bits per heavy atom. The number of hydrogen-bond acceptors (Lipinski definition) is 3. The van der Waals surface area contributed by atoms with Gasteiger partial charge in [-0.15, -0.1) is 0 Å². The topological polar surface area (TPSA) is 39.4 Å². The van der Waals surface area contributed by atoms with E-state index < -0.39 is 0 Å². The largest absolute Gasteiger partial charge is 0.494 e. The van der Waals surface area contributed by atoms with Crippen LogP contribution in [0.5, 0.6) is 5.75 Å². The molecule has 0 spiro atoms. The van der Waals surface area contributed by atoms with Crippen LogP contribution in [-0.2, 0) is 6.42 Å². The Balaban J connectivity index is 1.67. The van der Waals surface area contributed by atoms with Crippen LogP contribution in [0.2, 0.25) is 0 Å². The van der Waals surface area contributed by atoms with Gasteiger partial charge in [0.1, 0.15) is 5.75 Å². The molecule has 0 fully saturated rings. The molecule has 1 atom stereocenters. The van der Waals surface area contributed by atoms with Crippen LogP contribution in [0.3, 0.4) is 0 Å². The summed E-state index contributed by atoms with van der Waals surface area (Å²) in [5.41, 5.74) is 4.89. The lowest BCUT2D eigenvalue weighted by Crippen LogP contribution is -2.15. The molecule has 5 rings (SSSR count). The number of fused-ring (bicyclic) bond motifs is 11. The third kappa shape index (κ3) is 4.54. The second kappa shape index (κ2) is 9.22. The second-order valence-electron chi connectivity index (χ2n) is 8.01.